The summed E-state index contributed by atoms with van der Waals surface area (Å²) in [6.07, 6.45) is 3.08. The van der Waals surface area contributed by atoms with E-state index in [4.69, 9.17) is 0 Å². The number of aliphatic imine (C=N–C) groups is 1. The van der Waals surface area contributed by atoms with Gasteiger partial charge in [-0.1, -0.05) is 19.1 Å². The number of benzene rings is 1. The first kappa shape index (κ1) is 23.9. The molecule has 1 heterocycles. The Bertz CT molecular complexity index is 831. The van der Waals surface area contributed by atoms with Crippen LogP contribution in [0.2, 0.25) is 0 Å². The number of hydrogen-bond donors (Lipinski definition) is 2. The number of nitrogens with zero attached hydrogens (tertiary/aromatic N) is 1. The highest BCUT2D eigenvalue weighted by molar-refractivity contribution is 14.0. The van der Waals surface area contributed by atoms with Crippen molar-refractivity contribution in [2.45, 2.75) is 38.1 Å². The number of hydrogen-bond acceptors (Lipinski definition) is 4. The summed E-state index contributed by atoms with van der Waals surface area (Å²) >= 11 is 1.81. The van der Waals surface area contributed by atoms with E-state index in [1.807, 2.05) is 19.1 Å². The van der Waals surface area contributed by atoms with Gasteiger partial charge in [-0.2, -0.15) is 0 Å². The van der Waals surface area contributed by atoms with E-state index < -0.39 is 9.84 Å². The van der Waals surface area contributed by atoms with Crippen LogP contribution in [0.25, 0.3) is 0 Å². The van der Waals surface area contributed by atoms with Crippen molar-refractivity contribution >= 4 is 51.1 Å². The number of nitrogens with one attached hydrogen (secondary N) is 2. The van der Waals surface area contributed by atoms with Crippen molar-refractivity contribution in [2.24, 2.45) is 4.99 Å². The molecule has 8 heteroatoms. The topological polar surface area (TPSA) is 70.6 Å². The Labute approximate surface area is 183 Å². The minimum atomic E-state index is -3.14. The highest BCUT2D eigenvalue weighted by Gasteiger charge is 2.06. The molecule has 2 aromatic rings. The lowest BCUT2D eigenvalue weighted by atomic mass is 10.1. The summed E-state index contributed by atoms with van der Waals surface area (Å²) in [5, 5.41) is 6.58. The Balaban J connectivity index is 0.00000364. The van der Waals surface area contributed by atoms with Crippen molar-refractivity contribution in [3.63, 3.8) is 0 Å². The van der Waals surface area contributed by atoms with Crippen LogP contribution >= 0.6 is 35.3 Å². The second-order valence-electron chi connectivity index (χ2n) is 6.01. The summed E-state index contributed by atoms with van der Waals surface area (Å²) in [4.78, 5) is 7.63. The summed E-state index contributed by atoms with van der Waals surface area (Å²) in [5.41, 5.74) is 1.09. The van der Waals surface area contributed by atoms with Gasteiger partial charge in [-0.25, -0.2) is 13.4 Å². The molecular formula is C19H28IN3O2S2. The Morgan fingerprint density at radius 2 is 1.70 bits per heavy atom. The second-order valence-corrected chi connectivity index (χ2v) is 9.28. The molecule has 2 rings (SSSR count). The van der Waals surface area contributed by atoms with Crippen LogP contribution in [-0.4, -0.2) is 33.7 Å². The summed E-state index contributed by atoms with van der Waals surface area (Å²) in [6, 6.07) is 11.3. The van der Waals surface area contributed by atoms with Crippen LogP contribution in [0.4, 0.5) is 0 Å². The molecule has 5 nitrogen and oxygen atoms in total. The molecular weight excluding hydrogens is 493 g/mol. The van der Waals surface area contributed by atoms with E-state index in [-0.39, 0.29) is 24.0 Å². The summed E-state index contributed by atoms with van der Waals surface area (Å²) in [6.45, 7) is 6.41. The zero-order valence-corrected chi connectivity index (χ0v) is 20.0. The van der Waals surface area contributed by atoms with Crippen molar-refractivity contribution in [3.8, 4) is 0 Å². The fourth-order valence-corrected chi connectivity index (χ4v) is 3.94. The maximum absolute atomic E-state index is 11.5. The fourth-order valence-electron chi connectivity index (χ4n) is 2.42. The summed E-state index contributed by atoms with van der Waals surface area (Å²) in [5.74, 6) is 0.798. The molecule has 150 valence electrons. The van der Waals surface area contributed by atoms with Crippen molar-refractivity contribution in [1.29, 1.82) is 0 Å². The van der Waals surface area contributed by atoms with Gasteiger partial charge in [0.2, 0.25) is 0 Å². The summed E-state index contributed by atoms with van der Waals surface area (Å²) < 4.78 is 23.0. The van der Waals surface area contributed by atoms with Crippen molar-refractivity contribution in [1.82, 2.24) is 10.6 Å². The molecule has 1 aromatic heterocycles. The molecule has 0 unspecified atom stereocenters. The molecule has 0 atom stereocenters. The Kier molecular flexibility index (Phi) is 10.3. The first-order valence-electron chi connectivity index (χ1n) is 8.81. The standard InChI is InChI=1S/C19H27N3O2S2.HI/c1-4-16-8-9-17(25-16)14-22-19(20-5-2)21-13-12-15-6-10-18(11-7-15)26(3,23)24;/h6-11H,4-5,12-14H2,1-3H3,(H2,20,21,22);1H. The van der Waals surface area contributed by atoms with Crippen LogP contribution in [0.3, 0.4) is 0 Å². The van der Waals surface area contributed by atoms with E-state index in [9.17, 15) is 8.42 Å². The van der Waals surface area contributed by atoms with Gasteiger partial charge in [0.15, 0.2) is 15.8 Å². The quantitative estimate of drug-likeness (QED) is 0.316. The zero-order valence-electron chi connectivity index (χ0n) is 16.0. The lowest BCUT2D eigenvalue weighted by molar-refractivity contribution is 0.602. The van der Waals surface area contributed by atoms with Crippen LogP contribution in [0.1, 0.15) is 29.2 Å². The predicted octanol–water partition coefficient (Wildman–Crippen LogP) is 3.63. The Morgan fingerprint density at radius 3 is 2.26 bits per heavy atom. The third kappa shape index (κ3) is 8.18. The van der Waals surface area contributed by atoms with Crippen LogP contribution in [0.15, 0.2) is 46.3 Å². The molecule has 0 saturated heterocycles. The van der Waals surface area contributed by atoms with Crippen molar-refractivity contribution in [3.05, 3.63) is 51.7 Å². The lowest BCUT2D eigenvalue weighted by Gasteiger charge is -2.11. The van der Waals surface area contributed by atoms with Gasteiger partial charge in [-0.3, -0.25) is 0 Å². The first-order valence-corrected chi connectivity index (χ1v) is 11.5. The maximum Gasteiger partial charge on any atom is 0.191 e. The number of rotatable bonds is 8. The third-order valence-electron chi connectivity index (χ3n) is 3.86. The molecule has 0 saturated carbocycles. The molecule has 0 fully saturated rings. The molecule has 27 heavy (non-hydrogen) atoms. The lowest BCUT2D eigenvalue weighted by Crippen LogP contribution is -2.38. The first-order chi connectivity index (χ1) is 12.4. The van der Waals surface area contributed by atoms with Crippen LogP contribution in [0.5, 0.6) is 0 Å². The number of aryl methyl sites for hydroxylation is 1. The molecule has 0 aliphatic carbocycles. The smallest absolute Gasteiger partial charge is 0.191 e. The second kappa shape index (κ2) is 11.7. The van der Waals surface area contributed by atoms with E-state index in [2.05, 4.69) is 34.7 Å². The highest BCUT2D eigenvalue weighted by atomic mass is 127. The van der Waals surface area contributed by atoms with Gasteiger partial charge in [0.1, 0.15) is 0 Å². The SMILES string of the molecule is CCNC(=NCc1ccc(CC)s1)NCCc1ccc(S(C)(=O)=O)cc1.I. The minimum absolute atomic E-state index is 0. The van der Waals surface area contributed by atoms with Gasteiger partial charge in [0.05, 0.1) is 11.4 Å². The zero-order chi connectivity index (χ0) is 19.0. The van der Waals surface area contributed by atoms with E-state index in [0.29, 0.717) is 11.4 Å². The van der Waals surface area contributed by atoms with Gasteiger partial charge in [0, 0.05) is 29.1 Å². The minimum Gasteiger partial charge on any atom is -0.357 e. The van der Waals surface area contributed by atoms with Gasteiger partial charge >= 0.3 is 0 Å². The number of halogens is 1. The van der Waals surface area contributed by atoms with Gasteiger partial charge < -0.3 is 10.6 Å². The molecule has 0 aliphatic heterocycles. The van der Waals surface area contributed by atoms with Crippen molar-refractivity contribution in [2.75, 3.05) is 19.3 Å². The van der Waals surface area contributed by atoms with Gasteiger partial charge in [-0.05, 0) is 49.6 Å². The average Bonchev–Trinajstić information content (AvgIpc) is 3.07. The number of sulfone groups is 1. The molecule has 0 bridgehead atoms. The average molecular weight is 521 g/mol. The van der Waals surface area contributed by atoms with Crippen LogP contribution in [0, 0.1) is 0 Å². The Hall–Kier alpha value is -1.13. The Morgan fingerprint density at radius 1 is 1.04 bits per heavy atom. The van der Waals surface area contributed by atoms with E-state index in [1.165, 1.54) is 16.0 Å². The maximum atomic E-state index is 11.5. The van der Waals surface area contributed by atoms with E-state index in [0.717, 1.165) is 37.5 Å². The van der Waals surface area contributed by atoms with Gasteiger partial charge in [0.25, 0.3) is 0 Å². The molecule has 0 spiro atoms. The monoisotopic (exact) mass is 521 g/mol. The number of thiophene rings is 1. The van der Waals surface area contributed by atoms with Crippen LogP contribution in [-0.2, 0) is 29.2 Å². The summed E-state index contributed by atoms with van der Waals surface area (Å²) in [7, 11) is -3.14. The largest absolute Gasteiger partial charge is 0.357 e. The molecule has 0 radical (unpaired) electrons. The molecule has 2 N–H and O–H groups in total. The van der Waals surface area contributed by atoms with Gasteiger partial charge in [-0.15, -0.1) is 35.3 Å². The van der Waals surface area contributed by atoms with E-state index in [1.54, 1.807) is 23.5 Å². The molecule has 0 amide bonds. The predicted molar refractivity (Wildman–Crippen MR) is 125 cm³/mol. The number of guanidine groups is 1. The van der Waals surface area contributed by atoms with Crippen LogP contribution < -0.4 is 10.6 Å². The highest BCUT2D eigenvalue weighted by Crippen LogP contribution is 2.17. The molecule has 0 aliphatic rings. The normalized spacial score (nSPS) is 11.7. The van der Waals surface area contributed by atoms with E-state index >= 15 is 0 Å². The third-order valence-corrected chi connectivity index (χ3v) is 6.20. The molecule has 1 aromatic carbocycles. The fraction of sp³-hybridized carbons (Fsp3) is 0.421. The van der Waals surface area contributed by atoms with Crippen molar-refractivity contribution < 1.29 is 8.42 Å².